The number of nitrogens with zero attached hydrogens (tertiary/aromatic N) is 2. The fourth-order valence-corrected chi connectivity index (χ4v) is 3.38. The minimum Gasteiger partial charge on any atom is -0.479 e. The lowest BCUT2D eigenvalue weighted by atomic mass is 9.92. The molecule has 3 aromatic rings. The zero-order valence-electron chi connectivity index (χ0n) is 13.1. The number of aliphatic carboxylic acids is 1. The highest BCUT2D eigenvalue weighted by molar-refractivity contribution is 6.06. The van der Waals surface area contributed by atoms with Gasteiger partial charge in [-0.05, 0) is 29.7 Å². The first kappa shape index (κ1) is 15.3. The van der Waals surface area contributed by atoms with Crippen molar-refractivity contribution >= 4 is 22.9 Å². The molecule has 1 aliphatic heterocycles. The summed E-state index contributed by atoms with van der Waals surface area (Å²) in [5.41, 5.74) is 2.27. The number of aromatic amines is 1. The molecule has 2 aromatic carbocycles. The summed E-state index contributed by atoms with van der Waals surface area (Å²) in [6, 6.07) is 8.41. The van der Waals surface area contributed by atoms with Crippen molar-refractivity contribution in [2.45, 2.75) is 12.5 Å². The van der Waals surface area contributed by atoms with Gasteiger partial charge in [-0.25, -0.2) is 14.2 Å². The van der Waals surface area contributed by atoms with Crippen LogP contribution in [0.25, 0.3) is 11.0 Å². The molecule has 2 heterocycles. The van der Waals surface area contributed by atoms with Crippen LogP contribution in [-0.4, -0.2) is 38.4 Å². The molecule has 0 aliphatic carbocycles. The number of imidazole rings is 1. The Bertz CT molecular complexity index is 998. The number of aromatic nitrogens is 2. The predicted octanol–water partition coefficient (Wildman–Crippen LogP) is 2.53. The molecule has 2 N–H and O–H groups in total. The Morgan fingerprint density at radius 3 is 2.88 bits per heavy atom. The molecule has 0 unspecified atom stereocenters. The van der Waals surface area contributed by atoms with Crippen molar-refractivity contribution in [3.8, 4) is 0 Å². The SMILES string of the molecule is O=C(O)[C@H]1c2ccccc2CCN1C(=O)c1cc(F)cc2[nH]cnc12. The van der Waals surface area contributed by atoms with Crippen LogP contribution in [0.4, 0.5) is 4.39 Å². The summed E-state index contributed by atoms with van der Waals surface area (Å²) in [7, 11) is 0. The molecule has 1 atom stereocenters. The maximum absolute atomic E-state index is 13.9. The first-order valence-corrected chi connectivity index (χ1v) is 7.80. The van der Waals surface area contributed by atoms with Gasteiger partial charge in [0.05, 0.1) is 17.4 Å². The van der Waals surface area contributed by atoms with Crippen molar-refractivity contribution in [2.24, 2.45) is 0 Å². The highest BCUT2D eigenvalue weighted by Gasteiger charge is 2.36. The molecule has 4 rings (SSSR count). The van der Waals surface area contributed by atoms with Crippen LogP contribution >= 0.6 is 0 Å². The second-order valence-corrected chi connectivity index (χ2v) is 5.94. The van der Waals surface area contributed by atoms with E-state index in [4.69, 9.17) is 0 Å². The van der Waals surface area contributed by atoms with Crippen molar-refractivity contribution < 1.29 is 19.1 Å². The number of hydrogen-bond acceptors (Lipinski definition) is 3. The number of fused-ring (bicyclic) bond motifs is 2. The van der Waals surface area contributed by atoms with Gasteiger partial charge in [-0.2, -0.15) is 0 Å². The first-order valence-electron chi connectivity index (χ1n) is 7.80. The Morgan fingerprint density at radius 2 is 2.08 bits per heavy atom. The molecule has 0 radical (unpaired) electrons. The molecular weight excluding hydrogens is 325 g/mol. The summed E-state index contributed by atoms with van der Waals surface area (Å²) < 4.78 is 13.9. The molecule has 0 spiro atoms. The maximum atomic E-state index is 13.9. The third-order valence-corrected chi connectivity index (χ3v) is 4.50. The average molecular weight is 339 g/mol. The Kier molecular flexibility index (Phi) is 3.49. The lowest BCUT2D eigenvalue weighted by molar-refractivity contribution is -0.143. The Hall–Kier alpha value is -3.22. The number of carboxylic acids is 1. The lowest BCUT2D eigenvalue weighted by Crippen LogP contribution is -2.43. The molecule has 1 aromatic heterocycles. The van der Waals surface area contributed by atoms with E-state index in [-0.39, 0.29) is 12.1 Å². The highest BCUT2D eigenvalue weighted by Crippen LogP contribution is 2.32. The Balaban J connectivity index is 1.81. The lowest BCUT2D eigenvalue weighted by Gasteiger charge is -2.34. The minimum atomic E-state index is -1.12. The zero-order chi connectivity index (χ0) is 17.6. The van der Waals surface area contributed by atoms with Gasteiger partial charge < -0.3 is 15.0 Å². The summed E-state index contributed by atoms with van der Waals surface area (Å²) in [6.07, 6.45) is 1.92. The van der Waals surface area contributed by atoms with Crippen LogP contribution in [0, 0.1) is 5.82 Å². The van der Waals surface area contributed by atoms with Crippen molar-refractivity contribution in [2.75, 3.05) is 6.54 Å². The van der Waals surface area contributed by atoms with Gasteiger partial charge in [-0.3, -0.25) is 4.79 Å². The van der Waals surface area contributed by atoms with Gasteiger partial charge in [-0.15, -0.1) is 0 Å². The van der Waals surface area contributed by atoms with Crippen molar-refractivity contribution in [1.29, 1.82) is 0 Å². The summed E-state index contributed by atoms with van der Waals surface area (Å²) in [4.78, 5) is 33.0. The number of carboxylic acid groups (broad SMARTS) is 1. The van der Waals surface area contributed by atoms with E-state index in [0.717, 1.165) is 11.6 Å². The van der Waals surface area contributed by atoms with Gasteiger partial charge in [0.15, 0.2) is 6.04 Å². The maximum Gasteiger partial charge on any atom is 0.331 e. The van der Waals surface area contributed by atoms with E-state index in [1.54, 1.807) is 12.1 Å². The number of benzene rings is 2. The molecule has 126 valence electrons. The van der Waals surface area contributed by atoms with Crippen LogP contribution in [-0.2, 0) is 11.2 Å². The topological polar surface area (TPSA) is 86.3 Å². The number of carbonyl (C=O) groups excluding carboxylic acids is 1. The van der Waals surface area contributed by atoms with Gasteiger partial charge in [0, 0.05) is 6.54 Å². The predicted molar refractivity (Wildman–Crippen MR) is 87.6 cm³/mol. The third-order valence-electron chi connectivity index (χ3n) is 4.50. The van der Waals surface area contributed by atoms with Gasteiger partial charge in [0.25, 0.3) is 5.91 Å². The van der Waals surface area contributed by atoms with Crippen molar-refractivity contribution in [3.63, 3.8) is 0 Å². The fraction of sp³-hybridized carbons (Fsp3) is 0.167. The Morgan fingerprint density at radius 1 is 1.28 bits per heavy atom. The van der Waals surface area contributed by atoms with E-state index >= 15 is 0 Å². The van der Waals surface area contributed by atoms with Crippen molar-refractivity contribution in [3.05, 3.63) is 65.2 Å². The number of rotatable bonds is 2. The third kappa shape index (κ3) is 2.44. The van der Waals surface area contributed by atoms with Crippen molar-refractivity contribution in [1.82, 2.24) is 14.9 Å². The van der Waals surface area contributed by atoms with Crippen LogP contribution in [0.1, 0.15) is 27.5 Å². The number of amides is 1. The summed E-state index contributed by atoms with van der Waals surface area (Å²) in [5.74, 6) is -2.24. The first-order chi connectivity index (χ1) is 12.1. The average Bonchev–Trinajstić information content (AvgIpc) is 3.07. The smallest absolute Gasteiger partial charge is 0.331 e. The normalized spacial score (nSPS) is 16.7. The van der Waals surface area contributed by atoms with Gasteiger partial charge >= 0.3 is 5.97 Å². The molecule has 7 heteroatoms. The standard InChI is InChI=1S/C18H14FN3O3/c19-11-7-13(15-14(8-11)20-9-21-15)17(23)22-6-5-10-3-1-2-4-12(10)16(22)18(24)25/h1-4,7-9,16H,5-6H2,(H,20,21)(H,24,25)/t16-/m1/s1. The van der Waals surface area contributed by atoms with E-state index in [1.807, 2.05) is 12.1 Å². The molecule has 0 bridgehead atoms. The van der Waals surface area contributed by atoms with E-state index in [9.17, 15) is 19.1 Å². The van der Waals surface area contributed by atoms with Crippen LogP contribution in [0.3, 0.4) is 0 Å². The largest absolute Gasteiger partial charge is 0.479 e. The fourth-order valence-electron chi connectivity index (χ4n) is 3.38. The van der Waals surface area contributed by atoms with E-state index in [1.165, 1.54) is 17.3 Å². The number of nitrogens with one attached hydrogen (secondary N) is 1. The molecular formula is C18H14FN3O3. The quantitative estimate of drug-likeness (QED) is 0.751. The monoisotopic (exact) mass is 339 g/mol. The molecule has 1 aliphatic rings. The van der Waals surface area contributed by atoms with Crippen LogP contribution in [0.2, 0.25) is 0 Å². The summed E-state index contributed by atoms with van der Waals surface area (Å²) in [6.45, 7) is 0.245. The van der Waals surface area contributed by atoms with E-state index in [2.05, 4.69) is 9.97 Å². The van der Waals surface area contributed by atoms with Gasteiger partial charge in [-0.1, -0.05) is 24.3 Å². The van der Waals surface area contributed by atoms with Gasteiger partial charge in [0.2, 0.25) is 0 Å². The number of carbonyl (C=O) groups is 2. The second kappa shape index (κ2) is 5.70. The Labute approximate surface area is 141 Å². The molecule has 25 heavy (non-hydrogen) atoms. The summed E-state index contributed by atoms with van der Waals surface area (Å²) in [5, 5.41) is 9.69. The second-order valence-electron chi connectivity index (χ2n) is 5.94. The van der Waals surface area contributed by atoms with E-state index in [0.29, 0.717) is 23.0 Å². The van der Waals surface area contributed by atoms with Crippen LogP contribution in [0.15, 0.2) is 42.7 Å². The molecule has 0 saturated heterocycles. The van der Waals surface area contributed by atoms with Gasteiger partial charge in [0.1, 0.15) is 11.3 Å². The van der Waals surface area contributed by atoms with E-state index < -0.39 is 23.7 Å². The summed E-state index contributed by atoms with van der Waals surface area (Å²) >= 11 is 0. The molecule has 0 fully saturated rings. The molecule has 0 saturated carbocycles. The minimum absolute atomic E-state index is 0.0573. The zero-order valence-corrected chi connectivity index (χ0v) is 13.1. The van der Waals surface area contributed by atoms with Crippen LogP contribution < -0.4 is 0 Å². The van der Waals surface area contributed by atoms with Crippen LogP contribution in [0.5, 0.6) is 0 Å². The molecule has 6 nitrogen and oxygen atoms in total. The number of H-pyrrole nitrogens is 1. The number of hydrogen-bond donors (Lipinski definition) is 2. The number of halogens is 1. The molecule has 1 amide bonds. The highest BCUT2D eigenvalue weighted by atomic mass is 19.1.